The molecule has 76 valence electrons. The summed E-state index contributed by atoms with van der Waals surface area (Å²) < 4.78 is 0. The van der Waals surface area contributed by atoms with Crippen LogP contribution in [-0.4, -0.2) is 26.2 Å². The molecule has 2 unspecified atom stereocenters. The van der Waals surface area contributed by atoms with Crippen molar-refractivity contribution >= 4 is 0 Å². The van der Waals surface area contributed by atoms with E-state index in [1.165, 1.54) is 45.2 Å². The molecule has 2 N–H and O–H groups in total. The molecule has 1 aliphatic carbocycles. The quantitative estimate of drug-likeness (QED) is 0.689. The molecule has 2 aliphatic rings. The smallest absolute Gasteiger partial charge is 0.0133 e. The molecule has 0 bridgehead atoms. The molecule has 0 spiro atoms. The average molecular weight is 182 g/mol. The van der Waals surface area contributed by atoms with Gasteiger partial charge in [-0.1, -0.05) is 6.42 Å². The van der Waals surface area contributed by atoms with Crippen molar-refractivity contribution < 1.29 is 0 Å². The van der Waals surface area contributed by atoms with Gasteiger partial charge in [-0.2, -0.15) is 0 Å². The average Bonchev–Trinajstić information content (AvgIpc) is 2.12. The van der Waals surface area contributed by atoms with Crippen LogP contribution in [-0.2, 0) is 0 Å². The minimum absolute atomic E-state index is 0.793. The molecule has 0 radical (unpaired) electrons. The van der Waals surface area contributed by atoms with Crippen LogP contribution >= 0.6 is 0 Å². The van der Waals surface area contributed by atoms with E-state index in [9.17, 15) is 0 Å². The molecule has 1 saturated heterocycles. The van der Waals surface area contributed by atoms with Crippen LogP contribution < -0.4 is 10.6 Å². The van der Waals surface area contributed by atoms with Crippen molar-refractivity contribution in [1.29, 1.82) is 0 Å². The maximum absolute atomic E-state index is 3.53. The molecule has 2 atom stereocenters. The fraction of sp³-hybridized carbons (Fsp3) is 1.00. The second kappa shape index (κ2) is 4.43. The van der Waals surface area contributed by atoms with Crippen molar-refractivity contribution in [3.8, 4) is 0 Å². The fourth-order valence-electron chi connectivity index (χ4n) is 2.84. The summed E-state index contributed by atoms with van der Waals surface area (Å²) in [5, 5.41) is 7.05. The predicted molar refractivity (Wildman–Crippen MR) is 55.8 cm³/mol. The minimum Gasteiger partial charge on any atom is -0.316 e. The topological polar surface area (TPSA) is 24.1 Å². The highest BCUT2D eigenvalue weighted by Crippen LogP contribution is 2.34. The SMILES string of the molecule is CNC(C1CCC1)C1CCCNC1. The van der Waals surface area contributed by atoms with Gasteiger partial charge in [0.15, 0.2) is 0 Å². The molecule has 0 aromatic carbocycles. The van der Waals surface area contributed by atoms with E-state index in [0.29, 0.717) is 0 Å². The van der Waals surface area contributed by atoms with E-state index in [-0.39, 0.29) is 0 Å². The van der Waals surface area contributed by atoms with E-state index >= 15 is 0 Å². The van der Waals surface area contributed by atoms with Crippen LogP contribution in [0.3, 0.4) is 0 Å². The molecule has 2 nitrogen and oxygen atoms in total. The standard InChI is InChI=1S/C11H22N2/c1-12-11(9-4-2-5-9)10-6-3-7-13-8-10/h9-13H,2-8H2,1H3. The predicted octanol–water partition coefficient (Wildman–Crippen LogP) is 1.37. The molecule has 1 heterocycles. The third-order valence-electron chi connectivity index (χ3n) is 3.83. The second-order valence-electron chi connectivity index (χ2n) is 4.61. The number of hydrogen-bond acceptors (Lipinski definition) is 2. The molecule has 0 aromatic heterocycles. The van der Waals surface area contributed by atoms with E-state index in [0.717, 1.165) is 17.9 Å². The van der Waals surface area contributed by atoms with Gasteiger partial charge in [0.2, 0.25) is 0 Å². The molecule has 2 rings (SSSR count). The lowest BCUT2D eigenvalue weighted by Crippen LogP contribution is -2.48. The number of hydrogen-bond donors (Lipinski definition) is 2. The van der Waals surface area contributed by atoms with Gasteiger partial charge in [0.1, 0.15) is 0 Å². The Morgan fingerprint density at radius 1 is 1.15 bits per heavy atom. The molecule has 1 aliphatic heterocycles. The van der Waals surface area contributed by atoms with Crippen molar-refractivity contribution in [1.82, 2.24) is 10.6 Å². The zero-order chi connectivity index (χ0) is 9.10. The fourth-order valence-corrected chi connectivity index (χ4v) is 2.84. The highest BCUT2D eigenvalue weighted by atomic mass is 14.9. The normalized spacial score (nSPS) is 32.5. The monoisotopic (exact) mass is 182 g/mol. The third-order valence-corrected chi connectivity index (χ3v) is 3.83. The number of nitrogens with one attached hydrogen (secondary N) is 2. The third kappa shape index (κ3) is 2.05. The number of piperidine rings is 1. The van der Waals surface area contributed by atoms with Crippen molar-refractivity contribution in [2.45, 2.75) is 38.1 Å². The van der Waals surface area contributed by atoms with Crippen LogP contribution in [0.5, 0.6) is 0 Å². The molecular formula is C11H22N2. The first-order chi connectivity index (χ1) is 6.42. The first-order valence-electron chi connectivity index (χ1n) is 5.80. The lowest BCUT2D eigenvalue weighted by atomic mass is 9.73. The van der Waals surface area contributed by atoms with Gasteiger partial charge in [0, 0.05) is 6.04 Å². The first kappa shape index (κ1) is 9.47. The Hall–Kier alpha value is -0.0800. The highest BCUT2D eigenvalue weighted by molar-refractivity contribution is 4.89. The van der Waals surface area contributed by atoms with Crippen LogP contribution in [0, 0.1) is 11.8 Å². The first-order valence-corrected chi connectivity index (χ1v) is 5.80. The zero-order valence-corrected chi connectivity index (χ0v) is 8.68. The van der Waals surface area contributed by atoms with Crippen LogP contribution in [0.2, 0.25) is 0 Å². The highest BCUT2D eigenvalue weighted by Gasteiger charge is 2.32. The van der Waals surface area contributed by atoms with Crippen molar-refractivity contribution in [3.05, 3.63) is 0 Å². The van der Waals surface area contributed by atoms with Gasteiger partial charge in [-0.05, 0) is 57.7 Å². The molecule has 1 saturated carbocycles. The van der Waals surface area contributed by atoms with Gasteiger partial charge in [-0.3, -0.25) is 0 Å². The van der Waals surface area contributed by atoms with Gasteiger partial charge in [-0.15, -0.1) is 0 Å². The second-order valence-corrected chi connectivity index (χ2v) is 4.61. The van der Waals surface area contributed by atoms with Crippen molar-refractivity contribution in [2.24, 2.45) is 11.8 Å². The Labute approximate surface area is 81.5 Å². The Bertz CT molecular complexity index is 148. The van der Waals surface area contributed by atoms with Crippen LogP contribution in [0.1, 0.15) is 32.1 Å². The number of rotatable bonds is 3. The maximum Gasteiger partial charge on any atom is 0.0133 e. The molecule has 13 heavy (non-hydrogen) atoms. The van der Waals surface area contributed by atoms with E-state index in [1.54, 1.807) is 0 Å². The Kier molecular flexibility index (Phi) is 3.23. The summed E-state index contributed by atoms with van der Waals surface area (Å²) >= 11 is 0. The largest absolute Gasteiger partial charge is 0.316 e. The summed E-state index contributed by atoms with van der Waals surface area (Å²) in [7, 11) is 2.14. The van der Waals surface area contributed by atoms with E-state index < -0.39 is 0 Å². The van der Waals surface area contributed by atoms with Gasteiger partial charge < -0.3 is 10.6 Å². The van der Waals surface area contributed by atoms with Gasteiger partial charge in [0.05, 0.1) is 0 Å². The van der Waals surface area contributed by atoms with E-state index in [1.807, 2.05) is 0 Å². The van der Waals surface area contributed by atoms with Gasteiger partial charge in [-0.25, -0.2) is 0 Å². The summed E-state index contributed by atoms with van der Waals surface area (Å²) in [5.74, 6) is 1.87. The zero-order valence-electron chi connectivity index (χ0n) is 8.68. The Morgan fingerprint density at radius 3 is 2.38 bits per heavy atom. The van der Waals surface area contributed by atoms with Gasteiger partial charge >= 0.3 is 0 Å². The summed E-state index contributed by atoms with van der Waals surface area (Å²) in [6, 6.07) is 0.793. The maximum atomic E-state index is 3.53. The minimum atomic E-state index is 0.793. The summed E-state index contributed by atoms with van der Waals surface area (Å²) in [6.45, 7) is 2.47. The molecule has 0 amide bonds. The van der Waals surface area contributed by atoms with Crippen LogP contribution in [0.4, 0.5) is 0 Å². The Balaban J connectivity index is 1.86. The Morgan fingerprint density at radius 2 is 1.92 bits per heavy atom. The molecular weight excluding hydrogens is 160 g/mol. The molecule has 0 aromatic rings. The van der Waals surface area contributed by atoms with Crippen molar-refractivity contribution in [3.63, 3.8) is 0 Å². The summed E-state index contributed by atoms with van der Waals surface area (Å²) in [6.07, 6.45) is 7.18. The van der Waals surface area contributed by atoms with E-state index in [4.69, 9.17) is 0 Å². The van der Waals surface area contributed by atoms with Crippen LogP contribution in [0.25, 0.3) is 0 Å². The lowest BCUT2D eigenvalue weighted by molar-refractivity contribution is 0.161. The molecule has 2 heteroatoms. The van der Waals surface area contributed by atoms with E-state index in [2.05, 4.69) is 17.7 Å². The molecule has 2 fully saturated rings. The lowest BCUT2D eigenvalue weighted by Gasteiger charge is -2.40. The van der Waals surface area contributed by atoms with Crippen molar-refractivity contribution in [2.75, 3.05) is 20.1 Å². The summed E-state index contributed by atoms with van der Waals surface area (Å²) in [5.41, 5.74) is 0. The van der Waals surface area contributed by atoms with Gasteiger partial charge in [0.25, 0.3) is 0 Å². The summed E-state index contributed by atoms with van der Waals surface area (Å²) in [4.78, 5) is 0. The van der Waals surface area contributed by atoms with Crippen LogP contribution in [0.15, 0.2) is 0 Å².